The number of hydrogen-bond acceptors (Lipinski definition) is 5. The van der Waals surface area contributed by atoms with E-state index in [0.29, 0.717) is 12.1 Å². The molecule has 0 spiro atoms. The van der Waals surface area contributed by atoms with Crippen molar-refractivity contribution in [3.05, 3.63) is 46.3 Å². The zero-order valence-corrected chi connectivity index (χ0v) is 16.7. The highest BCUT2D eigenvalue weighted by molar-refractivity contribution is 8.03. The summed E-state index contributed by atoms with van der Waals surface area (Å²) in [5.41, 5.74) is 0.687. The van der Waals surface area contributed by atoms with Gasteiger partial charge >= 0.3 is 0 Å². The lowest BCUT2D eigenvalue weighted by Crippen LogP contribution is -2.23. The zero-order chi connectivity index (χ0) is 17.3. The van der Waals surface area contributed by atoms with Crippen molar-refractivity contribution in [2.45, 2.75) is 48.9 Å². The fraction of sp³-hybridized carbons (Fsp3) is 0.474. The van der Waals surface area contributed by atoms with Crippen LogP contribution in [-0.2, 0) is 6.54 Å². The molecule has 1 aliphatic rings. The molecule has 3 rings (SSSR count). The van der Waals surface area contributed by atoms with Gasteiger partial charge in [0.15, 0.2) is 0 Å². The van der Waals surface area contributed by atoms with Crippen LogP contribution in [0, 0.1) is 0 Å². The molecule has 0 aliphatic heterocycles. The van der Waals surface area contributed by atoms with Crippen LogP contribution in [0.3, 0.4) is 0 Å². The number of thioether (sulfide) groups is 2. The second kappa shape index (κ2) is 10.2. The predicted molar refractivity (Wildman–Crippen MR) is 110 cm³/mol. The molecule has 0 saturated heterocycles. The van der Waals surface area contributed by atoms with E-state index in [1.807, 2.05) is 29.6 Å². The van der Waals surface area contributed by atoms with Crippen LogP contribution in [0.2, 0.25) is 0 Å². The molecule has 1 amide bonds. The number of nitrogens with one attached hydrogen (secondary N) is 1. The van der Waals surface area contributed by atoms with E-state index in [2.05, 4.69) is 22.1 Å². The molecule has 0 aromatic carbocycles. The summed E-state index contributed by atoms with van der Waals surface area (Å²) in [4.78, 5) is 18.1. The summed E-state index contributed by atoms with van der Waals surface area (Å²) in [6.45, 7) is 0.576. The van der Waals surface area contributed by atoms with E-state index in [1.54, 1.807) is 29.3 Å². The molecule has 1 fully saturated rings. The number of thiophene rings is 1. The first-order valence-corrected chi connectivity index (χ1v) is 11.7. The van der Waals surface area contributed by atoms with Crippen LogP contribution in [0.15, 0.2) is 40.9 Å². The van der Waals surface area contributed by atoms with Gasteiger partial charge in [0.25, 0.3) is 5.91 Å². The van der Waals surface area contributed by atoms with Gasteiger partial charge in [-0.1, -0.05) is 25.3 Å². The second-order valence-electron chi connectivity index (χ2n) is 6.10. The maximum atomic E-state index is 12.5. The van der Waals surface area contributed by atoms with Gasteiger partial charge in [0.1, 0.15) is 5.03 Å². The molecule has 0 radical (unpaired) electrons. The second-order valence-corrected chi connectivity index (χ2v) is 9.62. The molecule has 0 bridgehead atoms. The minimum atomic E-state index is -0.0380. The summed E-state index contributed by atoms with van der Waals surface area (Å²) >= 11 is 5.45. The van der Waals surface area contributed by atoms with E-state index in [4.69, 9.17) is 0 Å². The van der Waals surface area contributed by atoms with E-state index in [-0.39, 0.29) is 5.91 Å². The smallest absolute Gasteiger partial charge is 0.254 e. The normalized spacial score (nSPS) is 15.2. The third kappa shape index (κ3) is 6.04. The van der Waals surface area contributed by atoms with E-state index in [1.165, 1.54) is 32.1 Å². The Morgan fingerprint density at radius 1 is 1.20 bits per heavy atom. The highest BCUT2D eigenvalue weighted by atomic mass is 32.2. The van der Waals surface area contributed by atoms with Crippen LogP contribution in [0.4, 0.5) is 0 Å². The molecular formula is C19H24N2OS3. The van der Waals surface area contributed by atoms with Crippen molar-refractivity contribution in [3.8, 4) is 0 Å². The first-order valence-electron chi connectivity index (χ1n) is 8.83. The van der Waals surface area contributed by atoms with Crippen molar-refractivity contribution in [2.75, 3.05) is 11.5 Å². The van der Waals surface area contributed by atoms with Crippen molar-refractivity contribution < 1.29 is 4.79 Å². The number of amides is 1. The molecule has 25 heavy (non-hydrogen) atoms. The monoisotopic (exact) mass is 392 g/mol. The van der Waals surface area contributed by atoms with E-state index < -0.39 is 0 Å². The van der Waals surface area contributed by atoms with Crippen LogP contribution in [0.5, 0.6) is 0 Å². The lowest BCUT2D eigenvalue weighted by molar-refractivity contribution is 0.0947. The molecule has 0 atom stereocenters. The molecule has 3 nitrogen and oxygen atoms in total. The predicted octanol–water partition coefficient (Wildman–Crippen LogP) is 5.23. The van der Waals surface area contributed by atoms with Crippen molar-refractivity contribution in [3.63, 3.8) is 0 Å². The van der Waals surface area contributed by atoms with Gasteiger partial charge in [-0.2, -0.15) is 11.8 Å². The summed E-state index contributed by atoms with van der Waals surface area (Å²) < 4.78 is 0. The Morgan fingerprint density at radius 2 is 2.08 bits per heavy atom. The topological polar surface area (TPSA) is 42.0 Å². The highest BCUT2D eigenvalue weighted by Gasteiger charge is 2.15. The van der Waals surface area contributed by atoms with Gasteiger partial charge in [-0.05, 0) is 36.4 Å². The number of hydrogen-bond donors (Lipinski definition) is 1. The molecule has 2 aromatic rings. The molecule has 2 heterocycles. The maximum Gasteiger partial charge on any atom is 0.254 e. The Bertz CT molecular complexity index is 654. The molecular weight excluding hydrogens is 368 g/mol. The average Bonchev–Trinajstić information content (AvgIpc) is 3.18. The number of carbonyl (C=O) groups excluding carboxylic acids is 1. The largest absolute Gasteiger partial charge is 0.347 e. The summed E-state index contributed by atoms with van der Waals surface area (Å²) in [5, 5.41) is 6.70. The zero-order valence-electron chi connectivity index (χ0n) is 14.3. The fourth-order valence-corrected chi connectivity index (χ4v) is 5.95. The van der Waals surface area contributed by atoms with Gasteiger partial charge in [0.2, 0.25) is 0 Å². The van der Waals surface area contributed by atoms with Crippen molar-refractivity contribution in [1.82, 2.24) is 10.3 Å². The van der Waals surface area contributed by atoms with Gasteiger partial charge in [0, 0.05) is 27.8 Å². The van der Waals surface area contributed by atoms with E-state index >= 15 is 0 Å². The highest BCUT2D eigenvalue weighted by Crippen LogP contribution is 2.29. The van der Waals surface area contributed by atoms with Gasteiger partial charge in [-0.3, -0.25) is 4.79 Å². The first kappa shape index (κ1) is 18.8. The first-order chi connectivity index (χ1) is 12.3. The molecule has 0 unspecified atom stereocenters. The lowest BCUT2D eigenvalue weighted by Gasteiger charge is -2.20. The third-order valence-corrected chi connectivity index (χ3v) is 7.77. The van der Waals surface area contributed by atoms with Crippen LogP contribution < -0.4 is 5.32 Å². The summed E-state index contributed by atoms with van der Waals surface area (Å²) in [7, 11) is 0. The Morgan fingerprint density at radius 3 is 2.88 bits per heavy atom. The van der Waals surface area contributed by atoms with Crippen LogP contribution >= 0.6 is 34.9 Å². The van der Waals surface area contributed by atoms with Gasteiger partial charge in [0.05, 0.1) is 12.1 Å². The third-order valence-electron chi connectivity index (χ3n) is 4.25. The minimum absolute atomic E-state index is 0.0380. The van der Waals surface area contributed by atoms with Crippen LogP contribution in [0.1, 0.15) is 47.3 Å². The Kier molecular flexibility index (Phi) is 7.70. The van der Waals surface area contributed by atoms with Crippen molar-refractivity contribution in [2.24, 2.45) is 0 Å². The van der Waals surface area contributed by atoms with Crippen molar-refractivity contribution in [1.29, 1.82) is 0 Å². The molecule has 1 aliphatic carbocycles. The summed E-state index contributed by atoms with van der Waals surface area (Å²) in [5.74, 6) is 2.09. The SMILES string of the molecule is O=C(NCc1cccs1)c1cccnc1SCCSC1CCCCC1. The number of rotatable bonds is 8. The number of carbonyl (C=O) groups is 1. The minimum Gasteiger partial charge on any atom is -0.347 e. The van der Waals surface area contributed by atoms with Crippen LogP contribution in [0.25, 0.3) is 0 Å². The van der Waals surface area contributed by atoms with E-state index in [9.17, 15) is 4.79 Å². The average molecular weight is 393 g/mol. The van der Waals surface area contributed by atoms with Crippen molar-refractivity contribution >= 4 is 40.8 Å². The molecule has 1 N–H and O–H groups in total. The molecule has 1 saturated carbocycles. The molecule has 134 valence electrons. The molecule has 2 aromatic heterocycles. The summed E-state index contributed by atoms with van der Waals surface area (Å²) in [6, 6.07) is 7.74. The standard InChI is InChI=1S/C19H24N2OS3/c22-18(21-14-16-8-5-11-23-16)17-9-4-10-20-19(17)25-13-12-24-15-6-2-1-3-7-15/h4-5,8-11,15H,1-3,6-7,12-14H2,(H,21,22). The van der Waals surface area contributed by atoms with Gasteiger partial charge in [-0.25, -0.2) is 4.98 Å². The van der Waals surface area contributed by atoms with Gasteiger partial charge in [-0.15, -0.1) is 23.1 Å². The maximum absolute atomic E-state index is 12.5. The van der Waals surface area contributed by atoms with Gasteiger partial charge < -0.3 is 5.32 Å². The Labute approximate surface area is 162 Å². The number of pyridine rings is 1. The van der Waals surface area contributed by atoms with E-state index in [0.717, 1.165) is 26.7 Å². The quantitative estimate of drug-likeness (QED) is 0.493. The summed E-state index contributed by atoms with van der Waals surface area (Å²) in [6.07, 6.45) is 8.69. The van der Waals surface area contributed by atoms with Crippen LogP contribution in [-0.4, -0.2) is 27.6 Å². The molecule has 6 heteroatoms. The number of aromatic nitrogens is 1. The fourth-order valence-electron chi connectivity index (χ4n) is 2.94. The Balaban J connectivity index is 1.47. The number of nitrogens with zero attached hydrogens (tertiary/aromatic N) is 1. The lowest BCUT2D eigenvalue weighted by atomic mass is 10.0. The Hall–Kier alpha value is -0.980.